The number of fused-ring (bicyclic) bond motifs is 1. The van der Waals surface area contributed by atoms with E-state index >= 15 is 0 Å². The van der Waals surface area contributed by atoms with Crippen molar-refractivity contribution in [3.63, 3.8) is 0 Å². The predicted octanol–water partition coefficient (Wildman–Crippen LogP) is 4.10. The summed E-state index contributed by atoms with van der Waals surface area (Å²) in [6.07, 6.45) is -4.63. The van der Waals surface area contributed by atoms with Crippen LogP contribution in [-0.2, 0) is 36.8 Å². The van der Waals surface area contributed by atoms with Crippen LogP contribution in [-0.4, -0.2) is 61.9 Å². The van der Waals surface area contributed by atoms with Gasteiger partial charge >= 0.3 is 38.7 Å². The fourth-order valence-corrected chi connectivity index (χ4v) is 16.1. The standard InChI is InChI=1S/C18H33F3O8SSi2/c1-10(2)31(11(3)4)25-9-14-15(28-32(29-31,12(5)6)13(7)8)16(17(22)26-14)27-30(23,24)18(19,20)21/h10-16H,9H2,1-8H3/t14-,15+,16+/m1/s1. The van der Waals surface area contributed by atoms with Crippen molar-refractivity contribution in [2.45, 2.75) is 101 Å². The average molecular weight is 523 g/mol. The maximum absolute atomic E-state index is 12.9. The van der Waals surface area contributed by atoms with Gasteiger partial charge in [0.1, 0.15) is 6.10 Å². The molecule has 0 N–H and O–H groups in total. The first-order valence-corrected chi connectivity index (χ1v) is 16.0. The molecule has 14 heteroatoms. The van der Waals surface area contributed by atoms with E-state index in [-0.39, 0.29) is 28.8 Å². The van der Waals surface area contributed by atoms with Gasteiger partial charge in [-0.05, 0) is 22.2 Å². The van der Waals surface area contributed by atoms with Crippen LogP contribution in [0.5, 0.6) is 0 Å². The Morgan fingerprint density at radius 2 is 1.41 bits per heavy atom. The molecule has 0 aromatic rings. The van der Waals surface area contributed by atoms with Crippen LogP contribution < -0.4 is 0 Å². The number of alkyl halides is 3. The molecule has 0 amide bonds. The van der Waals surface area contributed by atoms with Gasteiger partial charge in [-0.3, -0.25) is 0 Å². The van der Waals surface area contributed by atoms with Gasteiger partial charge in [-0.2, -0.15) is 21.6 Å². The third-order valence-corrected chi connectivity index (χ3v) is 17.3. The van der Waals surface area contributed by atoms with Crippen molar-refractivity contribution in [3.8, 4) is 0 Å². The van der Waals surface area contributed by atoms with Crippen molar-refractivity contribution < 1.29 is 48.3 Å². The third kappa shape index (κ3) is 4.82. The van der Waals surface area contributed by atoms with Gasteiger partial charge in [0.15, 0.2) is 6.10 Å². The van der Waals surface area contributed by atoms with E-state index in [0.717, 1.165) is 0 Å². The molecule has 0 aliphatic carbocycles. The molecule has 2 heterocycles. The lowest BCUT2D eigenvalue weighted by Gasteiger charge is -2.51. The number of hydrogen-bond donors (Lipinski definition) is 0. The van der Waals surface area contributed by atoms with Gasteiger partial charge in [-0.15, -0.1) is 0 Å². The van der Waals surface area contributed by atoms with Crippen LogP contribution in [0.3, 0.4) is 0 Å². The Labute approximate surface area is 189 Å². The Bertz CT molecular complexity index is 785. The van der Waals surface area contributed by atoms with Crippen molar-refractivity contribution in [2.24, 2.45) is 0 Å². The lowest BCUT2D eigenvalue weighted by molar-refractivity contribution is -0.147. The van der Waals surface area contributed by atoms with Gasteiger partial charge in [-0.25, -0.2) is 8.98 Å². The molecule has 2 aliphatic heterocycles. The maximum Gasteiger partial charge on any atom is 0.523 e. The average Bonchev–Trinajstić information content (AvgIpc) is 2.87. The van der Waals surface area contributed by atoms with Crippen LogP contribution in [0.4, 0.5) is 13.2 Å². The number of rotatable bonds is 6. The quantitative estimate of drug-likeness (QED) is 0.223. The number of ether oxygens (including phenoxy) is 1. The zero-order chi connectivity index (χ0) is 24.9. The molecule has 188 valence electrons. The fourth-order valence-electron chi connectivity index (χ4n) is 4.30. The summed E-state index contributed by atoms with van der Waals surface area (Å²) in [5.41, 5.74) is -6.07. The summed E-state index contributed by atoms with van der Waals surface area (Å²) < 4.78 is 91.2. The molecule has 2 aliphatic rings. The molecule has 2 rings (SSSR count). The third-order valence-electron chi connectivity index (χ3n) is 6.01. The number of carbonyl (C=O) groups is 1. The van der Waals surface area contributed by atoms with Crippen LogP contribution in [0, 0.1) is 0 Å². The summed E-state index contributed by atoms with van der Waals surface area (Å²) in [5.74, 6) is -1.24. The number of halogens is 3. The van der Waals surface area contributed by atoms with E-state index in [9.17, 15) is 26.4 Å². The highest BCUT2D eigenvalue weighted by molar-refractivity contribution is 7.87. The summed E-state index contributed by atoms with van der Waals surface area (Å²) in [5, 5.41) is 0. The van der Waals surface area contributed by atoms with Gasteiger partial charge in [0, 0.05) is 0 Å². The Morgan fingerprint density at radius 1 is 0.938 bits per heavy atom. The monoisotopic (exact) mass is 522 g/mol. The van der Waals surface area contributed by atoms with Crippen molar-refractivity contribution in [1.29, 1.82) is 0 Å². The lowest BCUT2D eigenvalue weighted by Crippen LogP contribution is -2.66. The van der Waals surface area contributed by atoms with Crippen molar-refractivity contribution >= 4 is 33.2 Å². The summed E-state index contributed by atoms with van der Waals surface area (Å²) in [4.78, 5) is 12.4. The molecular weight excluding hydrogens is 489 g/mol. The molecule has 0 spiro atoms. The van der Waals surface area contributed by atoms with Gasteiger partial charge in [-0.1, -0.05) is 55.4 Å². The minimum atomic E-state index is -6.05. The highest BCUT2D eigenvalue weighted by Gasteiger charge is 2.63. The second-order valence-electron chi connectivity index (χ2n) is 9.45. The molecule has 0 unspecified atom stereocenters. The van der Waals surface area contributed by atoms with Crippen molar-refractivity contribution in [2.75, 3.05) is 6.61 Å². The first kappa shape index (κ1) is 27.7. The number of carbonyl (C=O) groups excluding carboxylic acids is 1. The molecule has 0 aromatic heterocycles. The molecule has 0 aromatic carbocycles. The predicted molar refractivity (Wildman–Crippen MR) is 114 cm³/mol. The Kier molecular flexibility index (Phi) is 8.03. The molecule has 3 atom stereocenters. The summed E-state index contributed by atoms with van der Waals surface area (Å²) in [7, 11) is -12.3. The van der Waals surface area contributed by atoms with Crippen LogP contribution in [0.1, 0.15) is 55.4 Å². The van der Waals surface area contributed by atoms with Crippen LogP contribution in [0.2, 0.25) is 22.2 Å². The molecule has 0 radical (unpaired) electrons. The first-order chi connectivity index (χ1) is 14.4. The zero-order valence-corrected chi connectivity index (χ0v) is 22.4. The summed E-state index contributed by atoms with van der Waals surface area (Å²) >= 11 is 0. The highest BCUT2D eigenvalue weighted by atomic mass is 32.2. The van der Waals surface area contributed by atoms with Gasteiger partial charge in [0.05, 0.1) is 6.61 Å². The Morgan fingerprint density at radius 3 is 1.81 bits per heavy atom. The van der Waals surface area contributed by atoms with E-state index in [1.165, 1.54) is 0 Å². The topological polar surface area (TPSA) is 97.4 Å². The summed E-state index contributed by atoms with van der Waals surface area (Å²) in [6, 6.07) is 0. The Balaban J connectivity index is 2.58. The summed E-state index contributed by atoms with van der Waals surface area (Å²) in [6.45, 7) is 15.2. The molecule has 0 bridgehead atoms. The van der Waals surface area contributed by atoms with Crippen molar-refractivity contribution in [3.05, 3.63) is 0 Å². The van der Waals surface area contributed by atoms with Gasteiger partial charge in [0.25, 0.3) is 0 Å². The van der Waals surface area contributed by atoms with E-state index in [0.29, 0.717) is 0 Å². The number of esters is 1. The largest absolute Gasteiger partial charge is 0.523 e. The minimum absolute atomic E-state index is 0.00165. The molecule has 8 nitrogen and oxygen atoms in total. The zero-order valence-electron chi connectivity index (χ0n) is 19.6. The molecule has 2 fully saturated rings. The number of hydrogen-bond acceptors (Lipinski definition) is 8. The normalized spacial score (nSPS) is 28.7. The molecule has 32 heavy (non-hydrogen) atoms. The van der Waals surface area contributed by atoms with Crippen molar-refractivity contribution in [1.82, 2.24) is 0 Å². The van der Waals surface area contributed by atoms with Crippen LogP contribution in [0.15, 0.2) is 0 Å². The van der Waals surface area contributed by atoms with Crippen LogP contribution >= 0.6 is 0 Å². The first-order valence-electron chi connectivity index (χ1n) is 10.6. The second-order valence-corrected chi connectivity index (χ2v) is 19.9. The van der Waals surface area contributed by atoms with Gasteiger partial charge in [0.2, 0.25) is 6.10 Å². The SMILES string of the molecule is CC(C)[Si]1(C(C)C)OC[C@H]2OC(=O)[C@@H](OS(=O)(=O)C(F)(F)F)[C@H]2O[Si](C(C)C)(C(C)C)O1. The Hall–Kier alpha value is -0.516. The van der Waals surface area contributed by atoms with E-state index in [4.69, 9.17) is 17.7 Å². The van der Waals surface area contributed by atoms with E-state index < -0.39 is 57.0 Å². The minimum Gasteiger partial charge on any atom is -0.455 e. The molecular formula is C18H33F3O8SSi2. The smallest absolute Gasteiger partial charge is 0.455 e. The molecule has 2 saturated heterocycles. The highest BCUT2D eigenvalue weighted by Crippen LogP contribution is 2.47. The maximum atomic E-state index is 12.9. The lowest BCUT2D eigenvalue weighted by atomic mass is 10.1. The van der Waals surface area contributed by atoms with Gasteiger partial charge < -0.3 is 17.7 Å². The van der Waals surface area contributed by atoms with E-state index in [2.05, 4.69) is 4.18 Å². The molecule has 0 saturated carbocycles. The van der Waals surface area contributed by atoms with Crippen LogP contribution in [0.25, 0.3) is 0 Å². The fraction of sp³-hybridized carbons (Fsp3) is 0.944. The second kappa shape index (κ2) is 9.26. The van der Waals surface area contributed by atoms with E-state index in [1.807, 2.05) is 55.4 Å². The van der Waals surface area contributed by atoms with E-state index in [1.54, 1.807) is 0 Å².